The maximum Gasteiger partial charge on any atom is 0.326 e. The Bertz CT molecular complexity index is 274. The Morgan fingerprint density at radius 3 is 2.50 bits per heavy atom. The van der Waals surface area contributed by atoms with Crippen LogP contribution >= 0.6 is 0 Å². The summed E-state index contributed by atoms with van der Waals surface area (Å²) < 4.78 is 0. The fraction of sp³-hybridized carbons (Fsp3) is 0.667. The molecule has 92 valence electrons. The van der Waals surface area contributed by atoms with Crippen molar-refractivity contribution in [3.63, 3.8) is 0 Å². The number of nitrogens with zero attached hydrogens (tertiary/aromatic N) is 1. The van der Waals surface area contributed by atoms with Gasteiger partial charge in [0.1, 0.15) is 6.04 Å². The summed E-state index contributed by atoms with van der Waals surface area (Å²) in [7, 11) is 0. The van der Waals surface area contributed by atoms with Gasteiger partial charge in [0.25, 0.3) is 0 Å². The number of carboxylic acids is 1. The van der Waals surface area contributed by atoms with E-state index < -0.39 is 12.0 Å². The number of amides is 1. The van der Waals surface area contributed by atoms with Gasteiger partial charge in [0.15, 0.2) is 5.96 Å². The van der Waals surface area contributed by atoms with Crippen molar-refractivity contribution in [1.82, 2.24) is 5.32 Å². The van der Waals surface area contributed by atoms with Gasteiger partial charge in [0.2, 0.25) is 5.91 Å². The van der Waals surface area contributed by atoms with E-state index in [1.54, 1.807) is 0 Å². The SMILES string of the molecule is CCCC(=O)N[C@@H](CCN=C(N)N)C(=O)O. The van der Waals surface area contributed by atoms with E-state index in [4.69, 9.17) is 16.6 Å². The fourth-order valence-electron chi connectivity index (χ4n) is 1.07. The van der Waals surface area contributed by atoms with E-state index in [0.29, 0.717) is 12.8 Å². The summed E-state index contributed by atoms with van der Waals surface area (Å²) in [6.07, 6.45) is 1.15. The summed E-state index contributed by atoms with van der Waals surface area (Å²) in [5.41, 5.74) is 10.2. The van der Waals surface area contributed by atoms with Gasteiger partial charge in [-0.05, 0) is 12.8 Å². The lowest BCUT2D eigenvalue weighted by Gasteiger charge is -2.12. The van der Waals surface area contributed by atoms with Crippen LogP contribution in [-0.4, -0.2) is 35.5 Å². The molecule has 1 amide bonds. The van der Waals surface area contributed by atoms with Gasteiger partial charge >= 0.3 is 5.97 Å². The van der Waals surface area contributed by atoms with Crippen LogP contribution in [0.5, 0.6) is 0 Å². The van der Waals surface area contributed by atoms with E-state index in [1.807, 2.05) is 6.92 Å². The molecule has 7 nitrogen and oxygen atoms in total. The zero-order valence-electron chi connectivity index (χ0n) is 9.27. The van der Waals surface area contributed by atoms with Crippen molar-refractivity contribution in [2.45, 2.75) is 32.2 Å². The second kappa shape index (κ2) is 7.49. The highest BCUT2D eigenvalue weighted by Crippen LogP contribution is 1.96. The monoisotopic (exact) mass is 230 g/mol. The normalized spacial score (nSPS) is 11.6. The van der Waals surface area contributed by atoms with Crippen LogP contribution in [-0.2, 0) is 9.59 Å². The molecule has 1 atom stereocenters. The van der Waals surface area contributed by atoms with E-state index >= 15 is 0 Å². The first-order valence-corrected chi connectivity index (χ1v) is 5.05. The molecule has 0 rings (SSSR count). The van der Waals surface area contributed by atoms with Crippen molar-refractivity contribution in [2.24, 2.45) is 16.5 Å². The molecule has 0 aromatic rings. The number of nitrogens with one attached hydrogen (secondary N) is 1. The van der Waals surface area contributed by atoms with Crippen molar-refractivity contribution in [3.05, 3.63) is 0 Å². The molecule has 0 aliphatic rings. The molecule has 0 heterocycles. The Kier molecular flexibility index (Phi) is 6.66. The first kappa shape index (κ1) is 14.2. The van der Waals surface area contributed by atoms with Gasteiger partial charge in [-0.1, -0.05) is 6.92 Å². The molecule has 0 aliphatic heterocycles. The number of aliphatic carboxylic acids is 1. The van der Waals surface area contributed by atoms with Crippen LogP contribution in [0.25, 0.3) is 0 Å². The average molecular weight is 230 g/mol. The molecular weight excluding hydrogens is 212 g/mol. The standard InChI is InChI=1S/C9H18N4O3/c1-2-3-7(14)13-6(8(15)16)4-5-12-9(10)11/h6H,2-5H2,1H3,(H,13,14)(H,15,16)(H4,10,11,12)/t6-/m0/s1. The highest BCUT2D eigenvalue weighted by Gasteiger charge is 2.18. The van der Waals surface area contributed by atoms with E-state index in [-0.39, 0.29) is 24.8 Å². The number of nitrogens with two attached hydrogens (primary N) is 2. The maximum absolute atomic E-state index is 11.2. The molecule has 0 radical (unpaired) electrons. The van der Waals surface area contributed by atoms with Gasteiger partial charge in [-0.25, -0.2) is 4.79 Å². The zero-order valence-corrected chi connectivity index (χ0v) is 9.27. The highest BCUT2D eigenvalue weighted by atomic mass is 16.4. The number of guanidine groups is 1. The zero-order chi connectivity index (χ0) is 12.6. The Hall–Kier alpha value is -1.79. The molecule has 0 aromatic carbocycles. The van der Waals surface area contributed by atoms with Crippen LogP contribution in [0.4, 0.5) is 0 Å². The molecule has 6 N–H and O–H groups in total. The summed E-state index contributed by atoms with van der Waals surface area (Å²) in [5.74, 6) is -1.46. The lowest BCUT2D eigenvalue weighted by molar-refractivity contribution is -0.141. The Balaban J connectivity index is 4.13. The third-order valence-corrected chi connectivity index (χ3v) is 1.82. The van der Waals surface area contributed by atoms with E-state index in [2.05, 4.69) is 10.3 Å². The topological polar surface area (TPSA) is 131 Å². The number of carboxylic acid groups (broad SMARTS) is 1. The van der Waals surface area contributed by atoms with E-state index in [0.717, 1.165) is 0 Å². The van der Waals surface area contributed by atoms with Crippen LogP contribution in [0.15, 0.2) is 4.99 Å². The summed E-state index contributed by atoms with van der Waals surface area (Å²) in [6.45, 7) is 2.01. The average Bonchev–Trinajstić information content (AvgIpc) is 2.15. The van der Waals surface area contributed by atoms with Gasteiger partial charge in [0, 0.05) is 13.0 Å². The van der Waals surface area contributed by atoms with Crippen molar-refractivity contribution in [3.8, 4) is 0 Å². The first-order chi connectivity index (χ1) is 7.47. The van der Waals surface area contributed by atoms with Crippen molar-refractivity contribution in [2.75, 3.05) is 6.54 Å². The Morgan fingerprint density at radius 2 is 2.06 bits per heavy atom. The summed E-state index contributed by atoms with van der Waals surface area (Å²) in [4.78, 5) is 25.6. The van der Waals surface area contributed by atoms with Gasteiger partial charge in [-0.3, -0.25) is 9.79 Å². The summed E-state index contributed by atoms with van der Waals surface area (Å²) >= 11 is 0. The van der Waals surface area contributed by atoms with Gasteiger partial charge in [-0.15, -0.1) is 0 Å². The molecule has 7 heteroatoms. The van der Waals surface area contributed by atoms with Crippen molar-refractivity contribution in [1.29, 1.82) is 0 Å². The van der Waals surface area contributed by atoms with Gasteiger partial charge < -0.3 is 21.9 Å². The molecule has 0 spiro atoms. The number of hydrogen-bond acceptors (Lipinski definition) is 3. The molecule has 0 fully saturated rings. The molecule has 0 unspecified atom stereocenters. The lowest BCUT2D eigenvalue weighted by Crippen LogP contribution is -2.41. The molecule has 0 bridgehead atoms. The van der Waals surface area contributed by atoms with Gasteiger partial charge in [-0.2, -0.15) is 0 Å². The van der Waals surface area contributed by atoms with Crippen LogP contribution in [0.1, 0.15) is 26.2 Å². The highest BCUT2D eigenvalue weighted by molar-refractivity contribution is 5.83. The third kappa shape index (κ3) is 6.63. The number of hydrogen-bond donors (Lipinski definition) is 4. The molecule has 0 saturated heterocycles. The number of carbonyl (C=O) groups excluding carboxylic acids is 1. The number of carbonyl (C=O) groups is 2. The molecule has 0 saturated carbocycles. The van der Waals surface area contributed by atoms with Crippen LogP contribution < -0.4 is 16.8 Å². The number of rotatable bonds is 7. The predicted molar refractivity (Wildman–Crippen MR) is 59.8 cm³/mol. The second-order valence-corrected chi connectivity index (χ2v) is 3.30. The van der Waals surface area contributed by atoms with E-state index in [9.17, 15) is 9.59 Å². The smallest absolute Gasteiger partial charge is 0.326 e. The van der Waals surface area contributed by atoms with E-state index in [1.165, 1.54) is 0 Å². The van der Waals surface area contributed by atoms with Crippen molar-refractivity contribution >= 4 is 17.8 Å². The summed E-state index contributed by atoms with van der Waals surface area (Å²) in [6, 6.07) is -0.942. The predicted octanol–water partition coefficient (Wildman–Crippen LogP) is -0.981. The second-order valence-electron chi connectivity index (χ2n) is 3.30. The largest absolute Gasteiger partial charge is 0.480 e. The third-order valence-electron chi connectivity index (χ3n) is 1.82. The Morgan fingerprint density at radius 1 is 1.44 bits per heavy atom. The first-order valence-electron chi connectivity index (χ1n) is 5.05. The molecule has 16 heavy (non-hydrogen) atoms. The minimum atomic E-state index is -1.09. The quantitative estimate of drug-likeness (QED) is 0.330. The lowest BCUT2D eigenvalue weighted by atomic mass is 10.2. The maximum atomic E-state index is 11.2. The molecular formula is C9H18N4O3. The molecule has 0 aromatic heterocycles. The van der Waals surface area contributed by atoms with Crippen molar-refractivity contribution < 1.29 is 14.7 Å². The van der Waals surface area contributed by atoms with Crippen LogP contribution in [0.3, 0.4) is 0 Å². The number of aliphatic imine (C=N–C) groups is 1. The fourth-order valence-corrected chi connectivity index (χ4v) is 1.07. The minimum Gasteiger partial charge on any atom is -0.480 e. The minimum absolute atomic E-state index is 0.0935. The van der Waals surface area contributed by atoms with Gasteiger partial charge in [0.05, 0.1) is 0 Å². The van der Waals surface area contributed by atoms with Crippen LogP contribution in [0, 0.1) is 0 Å². The summed E-state index contributed by atoms with van der Waals surface area (Å²) in [5, 5.41) is 11.2. The Labute approximate surface area is 93.9 Å². The molecule has 0 aliphatic carbocycles. The van der Waals surface area contributed by atoms with Crippen LogP contribution in [0.2, 0.25) is 0 Å².